The lowest BCUT2D eigenvalue weighted by Gasteiger charge is -2.29. The van der Waals surface area contributed by atoms with Crippen LogP contribution in [-0.4, -0.2) is 67.1 Å². The third-order valence-electron chi connectivity index (χ3n) is 9.01. The molecule has 13 heteroatoms. The number of esters is 2. The Morgan fingerprint density at radius 2 is 1.76 bits per heavy atom. The second-order valence-electron chi connectivity index (χ2n) is 14.3. The van der Waals surface area contributed by atoms with Crippen LogP contribution in [0.5, 0.6) is 0 Å². The van der Waals surface area contributed by atoms with Gasteiger partial charge in [-0.2, -0.15) is 0 Å². The average Bonchev–Trinajstić information content (AvgIpc) is 3.88. The second kappa shape index (κ2) is 17.3. The molecule has 0 bridgehead atoms. The van der Waals surface area contributed by atoms with Crippen molar-refractivity contribution in [2.75, 3.05) is 18.4 Å². The summed E-state index contributed by atoms with van der Waals surface area (Å²) in [5.74, 6) is -3.03. The zero-order valence-electron chi connectivity index (χ0n) is 30.0. The SMILES string of the molecule is Cc1ccc(C[C@H]2NC(=O)/C=C/C[C@@H]([C@H](C)[C@H]3O[C@@H]3c3ccc(NC(=O)CN)cc3)OC(=O)[C@H](CC(C)C)OC(=O)C(C)(C)CNC2=O)cc1Cl. The van der Waals surface area contributed by atoms with Gasteiger partial charge in [-0.3, -0.25) is 19.2 Å². The van der Waals surface area contributed by atoms with E-state index in [1.54, 1.807) is 38.1 Å². The van der Waals surface area contributed by atoms with E-state index in [-0.39, 0.29) is 62.3 Å². The van der Waals surface area contributed by atoms with Gasteiger partial charge in [0.05, 0.1) is 18.1 Å². The zero-order chi connectivity index (χ0) is 37.5. The highest BCUT2D eigenvalue weighted by Crippen LogP contribution is 2.45. The number of nitrogens with one attached hydrogen (secondary N) is 3. The Balaban J connectivity index is 1.58. The Kier molecular flexibility index (Phi) is 13.4. The van der Waals surface area contributed by atoms with Gasteiger partial charge < -0.3 is 35.9 Å². The van der Waals surface area contributed by atoms with E-state index in [0.717, 1.165) is 16.7 Å². The molecule has 0 saturated carbocycles. The number of aryl methyl sites for hydroxylation is 1. The molecule has 0 aromatic heterocycles. The summed E-state index contributed by atoms with van der Waals surface area (Å²) in [6.45, 7) is 10.6. The van der Waals surface area contributed by atoms with E-state index in [1.165, 1.54) is 6.08 Å². The van der Waals surface area contributed by atoms with Gasteiger partial charge in [0.1, 0.15) is 18.2 Å². The molecule has 276 valence electrons. The molecule has 2 aromatic carbocycles. The van der Waals surface area contributed by atoms with Gasteiger partial charge in [0.2, 0.25) is 17.7 Å². The second-order valence-corrected chi connectivity index (χ2v) is 14.7. The first-order valence-corrected chi connectivity index (χ1v) is 17.6. The van der Waals surface area contributed by atoms with Gasteiger partial charge in [0, 0.05) is 36.0 Å². The molecule has 0 spiro atoms. The van der Waals surface area contributed by atoms with Crippen molar-refractivity contribution in [1.82, 2.24) is 10.6 Å². The van der Waals surface area contributed by atoms with Gasteiger partial charge in [-0.25, -0.2) is 4.79 Å². The van der Waals surface area contributed by atoms with Crippen molar-refractivity contribution in [2.24, 2.45) is 23.0 Å². The quantitative estimate of drug-likeness (QED) is 0.217. The highest BCUT2D eigenvalue weighted by molar-refractivity contribution is 6.31. The van der Waals surface area contributed by atoms with Crippen LogP contribution in [0.1, 0.15) is 70.3 Å². The van der Waals surface area contributed by atoms with E-state index in [0.29, 0.717) is 10.7 Å². The van der Waals surface area contributed by atoms with Gasteiger partial charge in [0.25, 0.3) is 0 Å². The molecule has 51 heavy (non-hydrogen) atoms. The van der Waals surface area contributed by atoms with Crippen molar-refractivity contribution in [2.45, 2.75) is 91.3 Å². The third-order valence-corrected chi connectivity index (χ3v) is 9.41. The summed E-state index contributed by atoms with van der Waals surface area (Å²) < 4.78 is 17.9. The summed E-state index contributed by atoms with van der Waals surface area (Å²) in [4.78, 5) is 65.5. The minimum absolute atomic E-state index is 0.00647. The summed E-state index contributed by atoms with van der Waals surface area (Å²) in [6.07, 6.45) is 0.896. The van der Waals surface area contributed by atoms with Crippen molar-refractivity contribution >= 4 is 46.9 Å². The first-order valence-electron chi connectivity index (χ1n) is 17.2. The molecular formula is C38H49ClN4O8. The van der Waals surface area contributed by atoms with Crippen LogP contribution in [0.4, 0.5) is 5.69 Å². The fraction of sp³-hybridized carbons (Fsp3) is 0.500. The van der Waals surface area contributed by atoms with Gasteiger partial charge >= 0.3 is 11.9 Å². The number of cyclic esters (lactones) is 2. The first kappa shape index (κ1) is 39.5. The molecule has 4 rings (SSSR count). The van der Waals surface area contributed by atoms with Crippen molar-refractivity contribution in [3.63, 3.8) is 0 Å². The number of hydrogen-bond donors (Lipinski definition) is 4. The van der Waals surface area contributed by atoms with Crippen molar-refractivity contribution in [3.05, 3.63) is 76.3 Å². The van der Waals surface area contributed by atoms with E-state index >= 15 is 0 Å². The molecule has 2 aliphatic rings. The van der Waals surface area contributed by atoms with E-state index in [2.05, 4.69) is 16.0 Å². The maximum atomic E-state index is 13.7. The number of amides is 3. The molecule has 2 aliphatic heterocycles. The fourth-order valence-corrected chi connectivity index (χ4v) is 5.92. The lowest BCUT2D eigenvalue weighted by Crippen LogP contribution is -2.51. The molecule has 12 nitrogen and oxygen atoms in total. The monoisotopic (exact) mass is 724 g/mol. The van der Waals surface area contributed by atoms with Crippen LogP contribution >= 0.6 is 11.6 Å². The number of hydrogen-bond acceptors (Lipinski definition) is 9. The van der Waals surface area contributed by atoms with E-state index < -0.39 is 47.4 Å². The number of nitrogens with two attached hydrogens (primary N) is 1. The molecule has 5 N–H and O–H groups in total. The zero-order valence-corrected chi connectivity index (χ0v) is 30.8. The van der Waals surface area contributed by atoms with Gasteiger partial charge in [-0.1, -0.05) is 62.7 Å². The summed E-state index contributed by atoms with van der Waals surface area (Å²) in [5, 5.41) is 8.79. The third kappa shape index (κ3) is 11.1. The molecular weight excluding hydrogens is 676 g/mol. The molecule has 2 aromatic rings. The molecule has 2 heterocycles. The van der Waals surface area contributed by atoms with Crippen molar-refractivity contribution in [3.8, 4) is 0 Å². The summed E-state index contributed by atoms with van der Waals surface area (Å²) in [5.41, 5.74) is 7.28. The fourth-order valence-electron chi connectivity index (χ4n) is 5.72. The largest absolute Gasteiger partial charge is 0.459 e. The molecule has 1 fully saturated rings. The van der Waals surface area contributed by atoms with Gasteiger partial charge in [0.15, 0.2) is 6.10 Å². The van der Waals surface area contributed by atoms with Crippen LogP contribution < -0.4 is 21.7 Å². The standard InChI is InChI=1S/C38H49ClN4O8/c1-21(2)16-30-36(47)49-29(23(4)33-34(51-33)25-12-14-26(15-13-25)42-32(45)19-40)8-7-9-31(44)43-28(18-24-11-10-22(3)27(39)17-24)35(46)41-20-38(5,6)37(48)50-30/h7,9-15,17,21,23,28-30,33-34H,8,16,18-20,40H2,1-6H3,(H,41,46)(H,42,45)(H,43,44)/b9-7+/t23-,28+,29-,30-,33+,34+/m0/s1. The van der Waals surface area contributed by atoms with Gasteiger partial charge in [-0.15, -0.1) is 0 Å². The summed E-state index contributed by atoms with van der Waals surface area (Å²) in [7, 11) is 0. The van der Waals surface area contributed by atoms with Crippen LogP contribution in [0.15, 0.2) is 54.6 Å². The maximum absolute atomic E-state index is 13.7. The molecule has 0 aliphatic carbocycles. The van der Waals surface area contributed by atoms with Gasteiger partial charge in [-0.05, 0) is 74.1 Å². The van der Waals surface area contributed by atoms with Crippen LogP contribution in [0, 0.1) is 24.2 Å². The van der Waals surface area contributed by atoms with E-state index in [1.807, 2.05) is 52.0 Å². The maximum Gasteiger partial charge on any atom is 0.347 e. The lowest BCUT2D eigenvalue weighted by atomic mass is 9.92. The number of benzene rings is 2. The summed E-state index contributed by atoms with van der Waals surface area (Å²) in [6, 6.07) is 11.7. The summed E-state index contributed by atoms with van der Waals surface area (Å²) >= 11 is 6.34. The first-order chi connectivity index (χ1) is 24.1. The minimum atomic E-state index is -1.21. The highest BCUT2D eigenvalue weighted by atomic mass is 35.5. The normalized spacial score (nSPS) is 25.5. The number of rotatable bonds is 9. The number of epoxide rings is 1. The van der Waals surface area contributed by atoms with Crippen LogP contribution in [0.25, 0.3) is 0 Å². The van der Waals surface area contributed by atoms with Crippen molar-refractivity contribution < 1.29 is 38.2 Å². The Morgan fingerprint density at radius 1 is 1.06 bits per heavy atom. The molecule has 3 amide bonds. The predicted octanol–water partition coefficient (Wildman–Crippen LogP) is 4.32. The average molecular weight is 725 g/mol. The smallest absolute Gasteiger partial charge is 0.347 e. The molecule has 6 atom stereocenters. The highest BCUT2D eigenvalue weighted by Gasteiger charge is 2.48. The predicted molar refractivity (Wildman–Crippen MR) is 192 cm³/mol. The number of anilines is 1. The Hall–Kier alpha value is -4.26. The number of carbonyl (C=O) groups excluding carboxylic acids is 5. The van der Waals surface area contributed by atoms with Crippen LogP contribution in [-0.2, 0) is 44.6 Å². The molecule has 0 unspecified atom stereocenters. The topological polar surface area (TPSA) is 178 Å². The number of ether oxygens (including phenoxy) is 3. The number of carbonyl (C=O) groups is 5. The van der Waals surface area contributed by atoms with Crippen LogP contribution in [0.3, 0.4) is 0 Å². The molecule has 0 radical (unpaired) electrons. The van der Waals surface area contributed by atoms with E-state index in [4.69, 9.17) is 31.5 Å². The minimum Gasteiger partial charge on any atom is -0.459 e. The Morgan fingerprint density at radius 3 is 2.41 bits per heavy atom. The number of halogens is 1. The Bertz CT molecular complexity index is 1630. The van der Waals surface area contributed by atoms with E-state index in [9.17, 15) is 24.0 Å². The van der Waals surface area contributed by atoms with Crippen LogP contribution in [0.2, 0.25) is 5.02 Å². The molecule has 1 saturated heterocycles. The lowest BCUT2D eigenvalue weighted by molar-refractivity contribution is -0.179. The Labute approximate surface area is 304 Å². The van der Waals surface area contributed by atoms with Crippen molar-refractivity contribution in [1.29, 1.82) is 0 Å².